The summed E-state index contributed by atoms with van der Waals surface area (Å²) in [4.78, 5) is 6.21. The Kier molecular flexibility index (Phi) is 2.26. The normalized spacial score (nSPS) is 9.40. The van der Waals surface area contributed by atoms with Crippen molar-refractivity contribution in [3.63, 3.8) is 0 Å². The zero-order valence-corrected chi connectivity index (χ0v) is 6.33. The van der Waals surface area contributed by atoms with Crippen molar-refractivity contribution in [2.45, 2.75) is 6.92 Å². The zero-order chi connectivity index (χ0) is 7.40. The van der Waals surface area contributed by atoms with Gasteiger partial charge in [0.05, 0.1) is 0 Å². The van der Waals surface area contributed by atoms with Gasteiger partial charge < -0.3 is 4.90 Å². The Morgan fingerprint density at radius 2 is 2.50 bits per heavy atom. The van der Waals surface area contributed by atoms with Gasteiger partial charge >= 0.3 is 0 Å². The van der Waals surface area contributed by atoms with Gasteiger partial charge in [0.1, 0.15) is 5.82 Å². The van der Waals surface area contributed by atoms with Crippen molar-refractivity contribution in [1.82, 2.24) is 4.98 Å². The van der Waals surface area contributed by atoms with Crippen LogP contribution in [0, 0.1) is 6.07 Å². The number of hydrogen-bond donors (Lipinski definition) is 0. The Bertz CT molecular complexity index is 184. The molecule has 0 aliphatic carbocycles. The van der Waals surface area contributed by atoms with Crippen LogP contribution in [-0.2, 0) is 0 Å². The fourth-order valence-electron chi connectivity index (χ4n) is 0.687. The van der Waals surface area contributed by atoms with Crippen LogP contribution in [0.5, 0.6) is 0 Å². The summed E-state index contributed by atoms with van der Waals surface area (Å²) < 4.78 is 0. The van der Waals surface area contributed by atoms with Gasteiger partial charge in [0, 0.05) is 19.8 Å². The highest BCUT2D eigenvalue weighted by Crippen LogP contribution is 2.03. The third-order valence-corrected chi connectivity index (χ3v) is 1.46. The number of aromatic nitrogens is 1. The second kappa shape index (κ2) is 3.20. The lowest BCUT2D eigenvalue weighted by Crippen LogP contribution is -2.16. The summed E-state index contributed by atoms with van der Waals surface area (Å²) in [6.45, 7) is 3.07. The van der Waals surface area contributed by atoms with Gasteiger partial charge in [-0.15, -0.1) is 0 Å². The summed E-state index contributed by atoms with van der Waals surface area (Å²) in [5.74, 6) is 0.977. The van der Waals surface area contributed by atoms with E-state index >= 15 is 0 Å². The first-order valence-corrected chi connectivity index (χ1v) is 3.38. The summed E-state index contributed by atoms with van der Waals surface area (Å²) in [6.07, 6.45) is 1.75. The van der Waals surface area contributed by atoms with Crippen LogP contribution in [-0.4, -0.2) is 18.6 Å². The Morgan fingerprint density at radius 1 is 1.70 bits per heavy atom. The Hall–Kier alpha value is -1.05. The highest BCUT2D eigenvalue weighted by molar-refractivity contribution is 5.35. The van der Waals surface area contributed by atoms with E-state index in [-0.39, 0.29) is 0 Å². The van der Waals surface area contributed by atoms with E-state index in [1.54, 1.807) is 12.3 Å². The van der Waals surface area contributed by atoms with Gasteiger partial charge in [-0.2, -0.15) is 0 Å². The van der Waals surface area contributed by atoms with Gasteiger partial charge in [0.15, 0.2) is 0 Å². The molecular weight excluding hydrogens is 124 g/mol. The molecule has 1 heterocycles. The quantitative estimate of drug-likeness (QED) is 0.608. The molecule has 0 amide bonds. The molecule has 1 radical (unpaired) electrons. The summed E-state index contributed by atoms with van der Waals surface area (Å²) in [6, 6.07) is 6.65. The van der Waals surface area contributed by atoms with Crippen molar-refractivity contribution in [1.29, 1.82) is 0 Å². The topological polar surface area (TPSA) is 16.1 Å². The molecule has 1 aromatic heterocycles. The molecule has 1 rings (SSSR count). The van der Waals surface area contributed by atoms with Crippen LogP contribution in [0.1, 0.15) is 6.92 Å². The third-order valence-electron chi connectivity index (χ3n) is 1.46. The Balaban J connectivity index is 2.75. The SMILES string of the molecule is CCN(C)c1c[c]ccn1. The van der Waals surface area contributed by atoms with E-state index in [1.165, 1.54) is 0 Å². The van der Waals surface area contributed by atoms with Crippen molar-refractivity contribution in [3.8, 4) is 0 Å². The minimum Gasteiger partial charge on any atom is -0.360 e. The molecule has 2 heteroatoms. The van der Waals surface area contributed by atoms with Crippen molar-refractivity contribution >= 4 is 5.82 Å². The average molecular weight is 135 g/mol. The number of rotatable bonds is 2. The lowest BCUT2D eigenvalue weighted by molar-refractivity contribution is 0.938. The molecule has 0 atom stereocenters. The molecule has 0 fully saturated rings. The molecule has 0 saturated carbocycles. The molecule has 1 aromatic rings. The van der Waals surface area contributed by atoms with Gasteiger partial charge in [-0.1, -0.05) is 0 Å². The Labute approximate surface area is 61.5 Å². The predicted octanol–water partition coefficient (Wildman–Crippen LogP) is 1.34. The molecule has 0 saturated heterocycles. The zero-order valence-electron chi connectivity index (χ0n) is 6.33. The smallest absolute Gasteiger partial charge is 0.128 e. The maximum atomic E-state index is 4.14. The first-order chi connectivity index (χ1) is 4.84. The largest absolute Gasteiger partial charge is 0.360 e. The lowest BCUT2D eigenvalue weighted by Gasteiger charge is -2.13. The van der Waals surface area contributed by atoms with E-state index in [0.717, 1.165) is 12.4 Å². The maximum absolute atomic E-state index is 4.14. The molecule has 2 nitrogen and oxygen atoms in total. The minimum atomic E-state index is 0.977. The van der Waals surface area contributed by atoms with Crippen molar-refractivity contribution in [2.24, 2.45) is 0 Å². The van der Waals surface area contributed by atoms with E-state index < -0.39 is 0 Å². The van der Waals surface area contributed by atoms with Crippen LogP contribution in [0.2, 0.25) is 0 Å². The molecule has 0 aromatic carbocycles. The summed E-state index contributed by atoms with van der Waals surface area (Å²) in [7, 11) is 2.01. The van der Waals surface area contributed by atoms with Gasteiger partial charge in [-0.25, -0.2) is 4.98 Å². The molecular formula is C8H11N2. The van der Waals surface area contributed by atoms with E-state index in [2.05, 4.69) is 22.9 Å². The maximum Gasteiger partial charge on any atom is 0.128 e. The monoisotopic (exact) mass is 135 g/mol. The van der Waals surface area contributed by atoms with E-state index in [9.17, 15) is 0 Å². The summed E-state index contributed by atoms with van der Waals surface area (Å²) >= 11 is 0. The number of nitrogens with zero attached hydrogens (tertiary/aromatic N) is 2. The fraction of sp³-hybridized carbons (Fsp3) is 0.375. The molecule has 0 N–H and O–H groups in total. The molecule has 0 spiro atoms. The molecule has 0 bridgehead atoms. The van der Waals surface area contributed by atoms with Crippen LogP contribution in [0.4, 0.5) is 5.82 Å². The second-order valence-electron chi connectivity index (χ2n) is 2.13. The van der Waals surface area contributed by atoms with Crippen molar-refractivity contribution < 1.29 is 0 Å². The van der Waals surface area contributed by atoms with E-state index in [4.69, 9.17) is 0 Å². The fourth-order valence-corrected chi connectivity index (χ4v) is 0.687. The highest BCUT2D eigenvalue weighted by atomic mass is 15.1. The lowest BCUT2D eigenvalue weighted by atomic mass is 10.4. The van der Waals surface area contributed by atoms with Gasteiger partial charge in [0.2, 0.25) is 0 Å². The van der Waals surface area contributed by atoms with Crippen LogP contribution in [0.15, 0.2) is 18.3 Å². The Morgan fingerprint density at radius 3 is 3.00 bits per heavy atom. The predicted molar refractivity (Wildman–Crippen MR) is 42.0 cm³/mol. The van der Waals surface area contributed by atoms with E-state index in [1.807, 2.05) is 13.1 Å². The van der Waals surface area contributed by atoms with Crippen molar-refractivity contribution in [2.75, 3.05) is 18.5 Å². The second-order valence-corrected chi connectivity index (χ2v) is 2.13. The number of anilines is 1. The molecule has 0 unspecified atom stereocenters. The molecule has 0 aliphatic rings. The third kappa shape index (κ3) is 1.47. The van der Waals surface area contributed by atoms with Gasteiger partial charge in [-0.3, -0.25) is 0 Å². The molecule has 53 valence electrons. The van der Waals surface area contributed by atoms with Gasteiger partial charge in [0.25, 0.3) is 0 Å². The molecule has 10 heavy (non-hydrogen) atoms. The number of pyridine rings is 1. The average Bonchev–Trinajstić information content (AvgIpc) is 2.05. The van der Waals surface area contributed by atoms with Crippen molar-refractivity contribution in [3.05, 3.63) is 24.4 Å². The minimum absolute atomic E-state index is 0.977. The summed E-state index contributed by atoms with van der Waals surface area (Å²) in [5.41, 5.74) is 0. The van der Waals surface area contributed by atoms with Crippen LogP contribution in [0.3, 0.4) is 0 Å². The highest BCUT2D eigenvalue weighted by Gasteiger charge is 1.94. The molecule has 0 aliphatic heterocycles. The standard InChI is InChI=1S/C8H11N2/c1-3-10(2)8-6-4-5-7-9-8/h5-7H,3H2,1-2H3. The first kappa shape index (κ1) is 7.06. The van der Waals surface area contributed by atoms with Crippen LogP contribution in [0.25, 0.3) is 0 Å². The summed E-state index contributed by atoms with van der Waals surface area (Å²) in [5, 5.41) is 0. The van der Waals surface area contributed by atoms with Crippen LogP contribution < -0.4 is 4.90 Å². The first-order valence-electron chi connectivity index (χ1n) is 3.38. The number of hydrogen-bond acceptors (Lipinski definition) is 2. The van der Waals surface area contributed by atoms with Gasteiger partial charge in [-0.05, 0) is 25.1 Å². The van der Waals surface area contributed by atoms with E-state index in [0.29, 0.717) is 0 Å². The van der Waals surface area contributed by atoms with Crippen LogP contribution >= 0.6 is 0 Å².